The van der Waals surface area contributed by atoms with Crippen molar-refractivity contribution in [3.8, 4) is 0 Å². The van der Waals surface area contributed by atoms with Gasteiger partial charge in [0.15, 0.2) is 0 Å². The van der Waals surface area contributed by atoms with Crippen LogP contribution in [0.25, 0.3) is 11.0 Å². The zero-order valence-electron chi connectivity index (χ0n) is 11.1. The Balaban J connectivity index is 2.03. The summed E-state index contributed by atoms with van der Waals surface area (Å²) in [6.07, 6.45) is 0.951. The molecule has 0 spiro atoms. The Kier molecular flexibility index (Phi) is 4.73. The molecule has 1 heterocycles. The molecule has 0 atom stereocenters. The first kappa shape index (κ1) is 13.1. The van der Waals surface area contributed by atoms with Gasteiger partial charge in [-0.3, -0.25) is 0 Å². The first-order valence-corrected chi connectivity index (χ1v) is 6.50. The first-order chi connectivity index (χ1) is 8.86. The second-order valence-electron chi connectivity index (χ2n) is 4.25. The Morgan fingerprint density at radius 1 is 1.28 bits per heavy atom. The van der Waals surface area contributed by atoms with E-state index in [2.05, 4.69) is 35.0 Å². The van der Waals surface area contributed by atoms with Crippen LogP contribution in [0.1, 0.15) is 12.7 Å². The smallest absolute Gasteiger partial charge is 0.111 e. The summed E-state index contributed by atoms with van der Waals surface area (Å²) in [5.74, 6) is 1.16. The van der Waals surface area contributed by atoms with Crippen LogP contribution in [-0.4, -0.2) is 36.4 Å². The van der Waals surface area contributed by atoms with Crippen molar-refractivity contribution in [3.05, 3.63) is 30.1 Å². The molecular weight excluding hydrogens is 226 g/mol. The molecule has 4 nitrogen and oxygen atoms in total. The standard InChI is InChI=1S/C14H21N3O/c1-3-17-13-7-5-4-6-12(13)16-14(17)8-9-15-10-11-18-2/h4-7,15H,3,8-11H2,1-2H3. The molecule has 0 saturated heterocycles. The lowest BCUT2D eigenvalue weighted by Crippen LogP contribution is -2.22. The number of nitrogens with one attached hydrogen (secondary N) is 1. The number of hydrogen-bond donors (Lipinski definition) is 1. The highest BCUT2D eigenvalue weighted by atomic mass is 16.5. The highest BCUT2D eigenvalue weighted by molar-refractivity contribution is 5.75. The topological polar surface area (TPSA) is 39.1 Å². The maximum Gasteiger partial charge on any atom is 0.111 e. The Labute approximate surface area is 108 Å². The summed E-state index contributed by atoms with van der Waals surface area (Å²) in [4.78, 5) is 4.69. The lowest BCUT2D eigenvalue weighted by Gasteiger charge is -2.06. The van der Waals surface area contributed by atoms with Gasteiger partial charge in [0.05, 0.1) is 17.6 Å². The molecule has 0 aliphatic rings. The van der Waals surface area contributed by atoms with Crippen LogP contribution in [0.2, 0.25) is 0 Å². The highest BCUT2D eigenvalue weighted by Crippen LogP contribution is 2.15. The number of hydrogen-bond acceptors (Lipinski definition) is 3. The Bertz CT molecular complexity index is 493. The second kappa shape index (κ2) is 6.52. The number of para-hydroxylation sites is 2. The van der Waals surface area contributed by atoms with E-state index in [-0.39, 0.29) is 0 Å². The molecule has 1 aromatic heterocycles. The van der Waals surface area contributed by atoms with E-state index >= 15 is 0 Å². The summed E-state index contributed by atoms with van der Waals surface area (Å²) < 4.78 is 7.29. The summed E-state index contributed by atoms with van der Waals surface area (Å²) in [5.41, 5.74) is 2.32. The molecule has 0 aliphatic heterocycles. The molecule has 98 valence electrons. The molecule has 0 radical (unpaired) electrons. The molecule has 4 heteroatoms. The van der Waals surface area contributed by atoms with Crippen LogP contribution in [0.4, 0.5) is 0 Å². The predicted molar refractivity (Wildman–Crippen MR) is 73.9 cm³/mol. The minimum Gasteiger partial charge on any atom is -0.383 e. The van der Waals surface area contributed by atoms with E-state index in [9.17, 15) is 0 Å². The third kappa shape index (κ3) is 2.89. The van der Waals surface area contributed by atoms with Crippen molar-refractivity contribution in [2.45, 2.75) is 19.9 Å². The van der Waals surface area contributed by atoms with Crippen molar-refractivity contribution in [2.24, 2.45) is 0 Å². The third-order valence-electron chi connectivity index (χ3n) is 3.06. The number of methoxy groups -OCH3 is 1. The number of imidazole rings is 1. The normalized spacial score (nSPS) is 11.2. The number of aryl methyl sites for hydroxylation is 1. The van der Waals surface area contributed by atoms with E-state index < -0.39 is 0 Å². The summed E-state index contributed by atoms with van der Waals surface area (Å²) >= 11 is 0. The van der Waals surface area contributed by atoms with Crippen LogP contribution in [0.3, 0.4) is 0 Å². The predicted octanol–water partition coefficient (Wildman–Crippen LogP) is 1.83. The van der Waals surface area contributed by atoms with Gasteiger partial charge in [0.25, 0.3) is 0 Å². The number of rotatable bonds is 7. The molecule has 0 fully saturated rings. The van der Waals surface area contributed by atoms with Crippen LogP contribution in [0, 0.1) is 0 Å². The molecule has 0 aliphatic carbocycles. The van der Waals surface area contributed by atoms with Gasteiger partial charge in [-0.2, -0.15) is 0 Å². The van der Waals surface area contributed by atoms with Gasteiger partial charge in [-0.05, 0) is 19.1 Å². The van der Waals surface area contributed by atoms with E-state index in [0.717, 1.165) is 44.0 Å². The van der Waals surface area contributed by atoms with Crippen molar-refractivity contribution >= 4 is 11.0 Å². The first-order valence-electron chi connectivity index (χ1n) is 6.50. The highest BCUT2D eigenvalue weighted by Gasteiger charge is 2.07. The lowest BCUT2D eigenvalue weighted by atomic mass is 10.3. The maximum atomic E-state index is 5.00. The average molecular weight is 247 g/mol. The van der Waals surface area contributed by atoms with E-state index in [1.807, 2.05) is 6.07 Å². The zero-order chi connectivity index (χ0) is 12.8. The fraction of sp³-hybridized carbons (Fsp3) is 0.500. The maximum absolute atomic E-state index is 5.00. The summed E-state index contributed by atoms with van der Waals surface area (Å²) in [6.45, 7) is 5.71. The summed E-state index contributed by atoms with van der Waals surface area (Å²) in [5, 5.41) is 3.35. The van der Waals surface area contributed by atoms with Crippen molar-refractivity contribution in [2.75, 3.05) is 26.8 Å². The molecule has 0 unspecified atom stereocenters. The van der Waals surface area contributed by atoms with E-state index in [0.29, 0.717) is 0 Å². The number of ether oxygens (including phenoxy) is 1. The molecule has 0 amide bonds. The SMILES string of the molecule is CCn1c(CCNCCOC)nc2ccccc21. The Morgan fingerprint density at radius 3 is 2.89 bits per heavy atom. The van der Waals surface area contributed by atoms with E-state index in [1.165, 1.54) is 5.52 Å². The minimum absolute atomic E-state index is 0.754. The van der Waals surface area contributed by atoms with Crippen LogP contribution in [0.15, 0.2) is 24.3 Å². The van der Waals surface area contributed by atoms with Gasteiger partial charge >= 0.3 is 0 Å². The van der Waals surface area contributed by atoms with Gasteiger partial charge in [0, 0.05) is 33.2 Å². The molecule has 1 N–H and O–H groups in total. The molecule has 0 saturated carbocycles. The molecule has 0 bridgehead atoms. The molecular formula is C14H21N3O. The van der Waals surface area contributed by atoms with Crippen LogP contribution in [0.5, 0.6) is 0 Å². The molecule has 1 aromatic carbocycles. The van der Waals surface area contributed by atoms with Crippen molar-refractivity contribution < 1.29 is 4.74 Å². The van der Waals surface area contributed by atoms with E-state index in [4.69, 9.17) is 9.72 Å². The largest absolute Gasteiger partial charge is 0.383 e. The van der Waals surface area contributed by atoms with Gasteiger partial charge < -0.3 is 14.6 Å². The van der Waals surface area contributed by atoms with Crippen LogP contribution < -0.4 is 5.32 Å². The number of benzene rings is 1. The monoisotopic (exact) mass is 247 g/mol. The van der Waals surface area contributed by atoms with Gasteiger partial charge in [-0.1, -0.05) is 12.1 Å². The van der Waals surface area contributed by atoms with Crippen molar-refractivity contribution in [1.29, 1.82) is 0 Å². The summed E-state index contributed by atoms with van der Waals surface area (Å²) in [6, 6.07) is 8.31. The Morgan fingerprint density at radius 2 is 2.11 bits per heavy atom. The fourth-order valence-corrected chi connectivity index (χ4v) is 2.17. The van der Waals surface area contributed by atoms with Crippen LogP contribution >= 0.6 is 0 Å². The summed E-state index contributed by atoms with van der Waals surface area (Å²) in [7, 11) is 1.72. The number of nitrogens with zero attached hydrogens (tertiary/aromatic N) is 2. The van der Waals surface area contributed by atoms with Gasteiger partial charge in [-0.15, -0.1) is 0 Å². The van der Waals surface area contributed by atoms with Crippen LogP contribution in [-0.2, 0) is 17.7 Å². The lowest BCUT2D eigenvalue weighted by molar-refractivity contribution is 0.199. The van der Waals surface area contributed by atoms with Crippen molar-refractivity contribution in [3.63, 3.8) is 0 Å². The van der Waals surface area contributed by atoms with Gasteiger partial charge in [-0.25, -0.2) is 4.98 Å². The zero-order valence-corrected chi connectivity index (χ0v) is 11.1. The van der Waals surface area contributed by atoms with Gasteiger partial charge in [0.2, 0.25) is 0 Å². The van der Waals surface area contributed by atoms with E-state index in [1.54, 1.807) is 7.11 Å². The second-order valence-corrected chi connectivity index (χ2v) is 4.25. The number of fused-ring (bicyclic) bond motifs is 1. The van der Waals surface area contributed by atoms with Crippen molar-refractivity contribution in [1.82, 2.24) is 14.9 Å². The van der Waals surface area contributed by atoms with Gasteiger partial charge in [0.1, 0.15) is 5.82 Å². The molecule has 2 rings (SSSR count). The average Bonchev–Trinajstić information content (AvgIpc) is 2.76. The molecule has 2 aromatic rings. The number of aromatic nitrogens is 2. The quantitative estimate of drug-likeness (QED) is 0.759. The molecule has 18 heavy (non-hydrogen) atoms. The third-order valence-corrected chi connectivity index (χ3v) is 3.06. The minimum atomic E-state index is 0.754. The Hall–Kier alpha value is -1.39. The fourth-order valence-electron chi connectivity index (χ4n) is 2.17.